The summed E-state index contributed by atoms with van der Waals surface area (Å²) in [6.45, 7) is 7.01. The van der Waals surface area contributed by atoms with Crippen LogP contribution in [0.2, 0.25) is 0 Å². The molecule has 0 aliphatic rings. The molecule has 2 aromatic rings. The summed E-state index contributed by atoms with van der Waals surface area (Å²) < 4.78 is 0. The molecule has 4 heteroatoms. The maximum Gasteiger partial charge on any atom is 0.255 e. The van der Waals surface area contributed by atoms with Gasteiger partial charge in [-0.3, -0.25) is 9.78 Å². The van der Waals surface area contributed by atoms with Crippen molar-refractivity contribution in [2.45, 2.75) is 27.2 Å². The topological polar surface area (TPSA) is 54.0 Å². The maximum absolute atomic E-state index is 12.3. The van der Waals surface area contributed by atoms with Crippen molar-refractivity contribution in [3.63, 3.8) is 0 Å². The number of hydrogen-bond acceptors (Lipinski definition) is 3. The second kappa shape index (κ2) is 6.88. The van der Waals surface area contributed by atoms with Crippen LogP contribution in [0.5, 0.6) is 0 Å². The van der Waals surface area contributed by atoms with Gasteiger partial charge in [-0.1, -0.05) is 6.92 Å². The Labute approximate surface area is 125 Å². The second-order valence-corrected chi connectivity index (χ2v) is 5.10. The van der Waals surface area contributed by atoms with Crippen LogP contribution in [0.25, 0.3) is 0 Å². The number of benzene rings is 1. The van der Waals surface area contributed by atoms with Crippen LogP contribution in [0, 0.1) is 13.8 Å². The number of nitrogens with one attached hydrogen (secondary N) is 2. The fourth-order valence-electron chi connectivity index (χ4n) is 2.05. The average Bonchev–Trinajstić information content (AvgIpc) is 2.48. The Morgan fingerprint density at radius 2 is 1.95 bits per heavy atom. The number of carbonyl (C=O) groups is 1. The van der Waals surface area contributed by atoms with Gasteiger partial charge in [0.1, 0.15) is 0 Å². The first kappa shape index (κ1) is 15.0. The lowest BCUT2D eigenvalue weighted by atomic mass is 10.1. The summed E-state index contributed by atoms with van der Waals surface area (Å²) in [5, 5.41) is 6.24. The molecule has 0 radical (unpaired) electrons. The van der Waals surface area contributed by atoms with Crippen molar-refractivity contribution in [2.24, 2.45) is 0 Å². The molecule has 0 aliphatic heterocycles. The van der Waals surface area contributed by atoms with Gasteiger partial charge in [0.2, 0.25) is 0 Å². The van der Waals surface area contributed by atoms with Crippen molar-refractivity contribution in [3.8, 4) is 0 Å². The average molecular weight is 283 g/mol. The van der Waals surface area contributed by atoms with Gasteiger partial charge in [0.05, 0.1) is 11.9 Å². The largest absolute Gasteiger partial charge is 0.385 e. The lowest BCUT2D eigenvalue weighted by Gasteiger charge is -2.11. The number of aromatic nitrogens is 1. The molecule has 0 unspecified atom stereocenters. The van der Waals surface area contributed by atoms with Gasteiger partial charge in [0.25, 0.3) is 5.91 Å². The Hall–Kier alpha value is -2.36. The summed E-state index contributed by atoms with van der Waals surface area (Å²) >= 11 is 0. The number of pyridine rings is 1. The van der Waals surface area contributed by atoms with Crippen LogP contribution in [-0.2, 0) is 0 Å². The summed E-state index contributed by atoms with van der Waals surface area (Å²) in [5.74, 6) is -0.115. The zero-order valence-electron chi connectivity index (χ0n) is 12.7. The van der Waals surface area contributed by atoms with E-state index in [1.54, 1.807) is 12.4 Å². The number of nitrogens with zero attached hydrogens (tertiary/aromatic N) is 1. The van der Waals surface area contributed by atoms with Crippen molar-refractivity contribution in [3.05, 3.63) is 53.3 Å². The molecule has 0 spiro atoms. The van der Waals surface area contributed by atoms with E-state index >= 15 is 0 Å². The number of carbonyl (C=O) groups excluding carboxylic acids is 1. The van der Waals surface area contributed by atoms with Gasteiger partial charge in [-0.05, 0) is 55.7 Å². The molecule has 2 N–H and O–H groups in total. The van der Waals surface area contributed by atoms with Crippen molar-refractivity contribution >= 4 is 17.3 Å². The van der Waals surface area contributed by atoms with Gasteiger partial charge in [-0.15, -0.1) is 0 Å². The van der Waals surface area contributed by atoms with Crippen LogP contribution in [0.15, 0.2) is 36.7 Å². The van der Waals surface area contributed by atoms with E-state index in [1.807, 2.05) is 38.1 Å². The molecule has 0 bridgehead atoms. The van der Waals surface area contributed by atoms with Gasteiger partial charge in [0.15, 0.2) is 0 Å². The Bertz CT molecular complexity index is 638. The van der Waals surface area contributed by atoms with Crippen molar-refractivity contribution < 1.29 is 4.79 Å². The van der Waals surface area contributed by atoms with E-state index in [1.165, 1.54) is 0 Å². The predicted octanol–water partition coefficient (Wildman–Crippen LogP) is 3.77. The molecule has 2 rings (SSSR count). The quantitative estimate of drug-likeness (QED) is 0.878. The Balaban J connectivity index is 2.13. The SMILES string of the molecule is CCCNc1ccc(C(=O)Nc2cnccc2C)cc1C. The number of rotatable bonds is 5. The number of anilines is 2. The Morgan fingerprint density at radius 1 is 1.14 bits per heavy atom. The molecule has 1 heterocycles. The van der Waals surface area contributed by atoms with Crippen LogP contribution >= 0.6 is 0 Å². The summed E-state index contributed by atoms with van der Waals surface area (Å²) in [4.78, 5) is 16.3. The number of aryl methyl sites for hydroxylation is 2. The number of hydrogen-bond donors (Lipinski definition) is 2. The highest BCUT2D eigenvalue weighted by atomic mass is 16.1. The lowest BCUT2D eigenvalue weighted by molar-refractivity contribution is 0.102. The van der Waals surface area contributed by atoms with Crippen molar-refractivity contribution in [1.82, 2.24) is 4.98 Å². The minimum atomic E-state index is -0.115. The molecule has 0 fully saturated rings. The predicted molar refractivity (Wildman–Crippen MR) is 86.9 cm³/mol. The van der Waals surface area contributed by atoms with Crippen LogP contribution < -0.4 is 10.6 Å². The molecule has 1 aromatic carbocycles. The van der Waals surface area contributed by atoms with Gasteiger partial charge in [-0.25, -0.2) is 0 Å². The van der Waals surface area contributed by atoms with Crippen LogP contribution in [0.3, 0.4) is 0 Å². The zero-order valence-corrected chi connectivity index (χ0v) is 12.7. The molecular formula is C17H21N3O. The highest BCUT2D eigenvalue weighted by Crippen LogP contribution is 2.18. The summed E-state index contributed by atoms with van der Waals surface area (Å²) in [6, 6.07) is 7.57. The van der Waals surface area contributed by atoms with Gasteiger partial charge in [0, 0.05) is 24.0 Å². The highest BCUT2D eigenvalue weighted by molar-refractivity contribution is 6.04. The first-order chi connectivity index (χ1) is 10.1. The van der Waals surface area contributed by atoms with E-state index in [0.717, 1.165) is 35.5 Å². The molecule has 0 saturated carbocycles. The molecule has 0 saturated heterocycles. The molecule has 4 nitrogen and oxygen atoms in total. The fraction of sp³-hybridized carbons (Fsp3) is 0.294. The molecule has 0 aliphatic carbocycles. The molecule has 110 valence electrons. The second-order valence-electron chi connectivity index (χ2n) is 5.10. The lowest BCUT2D eigenvalue weighted by Crippen LogP contribution is -2.13. The summed E-state index contributed by atoms with van der Waals surface area (Å²) in [6.07, 6.45) is 4.45. The minimum Gasteiger partial charge on any atom is -0.385 e. The van der Waals surface area contributed by atoms with E-state index < -0.39 is 0 Å². The van der Waals surface area contributed by atoms with Crippen LogP contribution in [0.4, 0.5) is 11.4 Å². The fourth-order valence-corrected chi connectivity index (χ4v) is 2.05. The van der Waals surface area contributed by atoms with E-state index in [4.69, 9.17) is 0 Å². The van der Waals surface area contributed by atoms with Crippen LogP contribution in [-0.4, -0.2) is 17.4 Å². The van der Waals surface area contributed by atoms with E-state index in [2.05, 4.69) is 22.5 Å². The van der Waals surface area contributed by atoms with Gasteiger partial charge in [-0.2, -0.15) is 0 Å². The third kappa shape index (κ3) is 3.81. The summed E-state index contributed by atoms with van der Waals surface area (Å²) in [5.41, 5.74) is 4.53. The van der Waals surface area contributed by atoms with Crippen molar-refractivity contribution in [1.29, 1.82) is 0 Å². The minimum absolute atomic E-state index is 0.115. The van der Waals surface area contributed by atoms with Crippen molar-refractivity contribution in [2.75, 3.05) is 17.2 Å². The van der Waals surface area contributed by atoms with Gasteiger partial charge >= 0.3 is 0 Å². The van der Waals surface area contributed by atoms with E-state index in [-0.39, 0.29) is 5.91 Å². The zero-order chi connectivity index (χ0) is 15.2. The third-order valence-electron chi connectivity index (χ3n) is 3.34. The Kier molecular flexibility index (Phi) is 4.93. The monoisotopic (exact) mass is 283 g/mol. The van der Waals surface area contributed by atoms with E-state index in [9.17, 15) is 4.79 Å². The highest BCUT2D eigenvalue weighted by Gasteiger charge is 2.09. The molecule has 1 aromatic heterocycles. The van der Waals surface area contributed by atoms with E-state index in [0.29, 0.717) is 5.56 Å². The van der Waals surface area contributed by atoms with Gasteiger partial charge < -0.3 is 10.6 Å². The third-order valence-corrected chi connectivity index (χ3v) is 3.34. The molecule has 21 heavy (non-hydrogen) atoms. The maximum atomic E-state index is 12.3. The Morgan fingerprint density at radius 3 is 2.62 bits per heavy atom. The van der Waals surface area contributed by atoms with Crippen LogP contribution in [0.1, 0.15) is 34.8 Å². The first-order valence-corrected chi connectivity index (χ1v) is 7.18. The smallest absolute Gasteiger partial charge is 0.255 e. The molecule has 0 atom stereocenters. The molecule has 1 amide bonds. The normalized spacial score (nSPS) is 10.2. The first-order valence-electron chi connectivity index (χ1n) is 7.18. The standard InChI is InChI=1S/C17H21N3O/c1-4-8-19-15-6-5-14(10-13(15)3)17(21)20-16-11-18-9-7-12(16)2/h5-7,9-11,19H,4,8H2,1-3H3,(H,20,21). The summed E-state index contributed by atoms with van der Waals surface area (Å²) in [7, 11) is 0. The molecular weight excluding hydrogens is 262 g/mol. The number of amides is 1.